The molecule has 2 aromatic rings. The fraction of sp³-hybridized carbons (Fsp3) is 0.524. The molecule has 0 radical (unpaired) electrons. The summed E-state index contributed by atoms with van der Waals surface area (Å²) >= 11 is 0. The maximum atomic E-state index is 12.6. The van der Waals surface area contributed by atoms with Crippen molar-refractivity contribution in [2.24, 2.45) is 17.8 Å². The predicted molar refractivity (Wildman–Crippen MR) is 103 cm³/mol. The number of aromatic nitrogens is 3. The first kappa shape index (κ1) is 17.9. The molecule has 1 amide bonds. The highest BCUT2D eigenvalue weighted by molar-refractivity contribution is 5.79. The summed E-state index contributed by atoms with van der Waals surface area (Å²) in [5.41, 5.74) is 1.61. The van der Waals surface area contributed by atoms with Crippen molar-refractivity contribution in [1.82, 2.24) is 19.7 Å². The molecular weight excluding hydrogens is 340 g/mol. The zero-order valence-corrected chi connectivity index (χ0v) is 15.8. The summed E-state index contributed by atoms with van der Waals surface area (Å²) in [5, 5.41) is 4.51. The van der Waals surface area contributed by atoms with Crippen LogP contribution in [-0.2, 0) is 11.3 Å². The van der Waals surface area contributed by atoms with Gasteiger partial charge in [-0.15, -0.1) is 0 Å². The topological polar surface area (TPSA) is 68.1 Å². The zero-order chi connectivity index (χ0) is 18.8. The number of carbonyl (C=O) groups excluding carboxylic acids is 1. The Kier molecular flexibility index (Phi) is 5.05. The average Bonchev–Trinajstić information content (AvgIpc) is 2.66. The van der Waals surface area contributed by atoms with E-state index in [2.05, 4.69) is 17.0 Å². The molecule has 0 spiro atoms. The minimum atomic E-state index is -0.0983. The second-order valence-corrected chi connectivity index (χ2v) is 8.04. The van der Waals surface area contributed by atoms with Crippen LogP contribution in [0, 0.1) is 17.8 Å². The first-order chi connectivity index (χ1) is 13.1. The van der Waals surface area contributed by atoms with Gasteiger partial charge in [-0.3, -0.25) is 14.6 Å². The minimum absolute atomic E-state index is 0.0983. The van der Waals surface area contributed by atoms with E-state index in [9.17, 15) is 9.59 Å². The van der Waals surface area contributed by atoms with Crippen LogP contribution in [0.15, 0.2) is 41.5 Å². The lowest BCUT2D eigenvalue weighted by Gasteiger charge is -2.42. The molecule has 0 N–H and O–H groups in total. The summed E-state index contributed by atoms with van der Waals surface area (Å²) in [5.74, 6) is 1.57. The van der Waals surface area contributed by atoms with Gasteiger partial charge in [0.25, 0.3) is 5.56 Å². The second kappa shape index (κ2) is 7.62. The number of hydrogen-bond acceptors (Lipinski definition) is 4. The van der Waals surface area contributed by atoms with Crippen molar-refractivity contribution in [3.63, 3.8) is 0 Å². The van der Waals surface area contributed by atoms with Crippen LogP contribution in [0.2, 0.25) is 0 Å². The van der Waals surface area contributed by atoms with Crippen molar-refractivity contribution in [3.8, 4) is 11.3 Å². The molecular formula is C21H26N4O2. The Morgan fingerprint density at radius 2 is 1.78 bits per heavy atom. The third kappa shape index (κ3) is 3.94. The summed E-state index contributed by atoms with van der Waals surface area (Å²) in [6, 6.07) is 7.07. The predicted octanol–water partition coefficient (Wildman–Crippen LogP) is 2.59. The van der Waals surface area contributed by atoms with Crippen LogP contribution in [0.25, 0.3) is 11.3 Å². The Morgan fingerprint density at radius 1 is 1.07 bits per heavy atom. The second-order valence-electron chi connectivity index (χ2n) is 8.04. The van der Waals surface area contributed by atoms with Gasteiger partial charge in [-0.05, 0) is 49.8 Å². The maximum Gasteiger partial charge on any atom is 0.266 e. The molecule has 0 bridgehead atoms. The van der Waals surface area contributed by atoms with E-state index in [0.717, 1.165) is 55.9 Å². The van der Waals surface area contributed by atoms with Crippen molar-refractivity contribution < 1.29 is 4.79 Å². The molecule has 6 heteroatoms. The summed E-state index contributed by atoms with van der Waals surface area (Å²) in [6.07, 6.45) is 7.80. The average molecular weight is 366 g/mol. The lowest BCUT2D eigenvalue weighted by molar-refractivity contribution is -0.143. The normalized spacial score (nSPS) is 23.1. The number of carbonyl (C=O) groups is 1. The smallest absolute Gasteiger partial charge is 0.266 e. The van der Waals surface area contributed by atoms with Gasteiger partial charge < -0.3 is 4.90 Å². The van der Waals surface area contributed by atoms with Crippen LogP contribution in [-0.4, -0.2) is 38.7 Å². The highest BCUT2D eigenvalue weighted by Gasteiger charge is 2.35. The molecule has 142 valence electrons. The van der Waals surface area contributed by atoms with E-state index in [1.165, 1.54) is 4.68 Å². The van der Waals surface area contributed by atoms with Gasteiger partial charge in [-0.25, -0.2) is 4.68 Å². The highest BCUT2D eigenvalue weighted by atomic mass is 16.2. The molecule has 4 rings (SSSR count). The zero-order valence-electron chi connectivity index (χ0n) is 15.8. The minimum Gasteiger partial charge on any atom is -0.342 e. The van der Waals surface area contributed by atoms with Crippen LogP contribution in [0.5, 0.6) is 0 Å². The Bertz CT molecular complexity index is 850. The van der Waals surface area contributed by atoms with Gasteiger partial charge in [0.05, 0.1) is 12.2 Å². The molecule has 1 aliphatic heterocycles. The lowest BCUT2D eigenvalue weighted by atomic mass is 9.81. The summed E-state index contributed by atoms with van der Waals surface area (Å²) in [6.45, 7) is 4.30. The van der Waals surface area contributed by atoms with E-state index < -0.39 is 0 Å². The molecule has 2 aromatic heterocycles. The van der Waals surface area contributed by atoms with E-state index in [0.29, 0.717) is 18.4 Å². The Balaban J connectivity index is 1.36. The molecule has 0 aromatic carbocycles. The highest BCUT2D eigenvalue weighted by Crippen LogP contribution is 2.31. The third-order valence-corrected chi connectivity index (χ3v) is 5.91. The molecule has 27 heavy (non-hydrogen) atoms. The van der Waals surface area contributed by atoms with Gasteiger partial charge in [-0.1, -0.05) is 6.92 Å². The van der Waals surface area contributed by atoms with Gasteiger partial charge in [0.15, 0.2) is 0 Å². The quantitative estimate of drug-likeness (QED) is 0.834. The molecule has 1 aliphatic carbocycles. The monoisotopic (exact) mass is 366 g/mol. The number of pyridine rings is 1. The summed E-state index contributed by atoms with van der Waals surface area (Å²) < 4.78 is 1.53. The number of amides is 1. The van der Waals surface area contributed by atoms with Gasteiger partial charge >= 0.3 is 0 Å². The van der Waals surface area contributed by atoms with Crippen molar-refractivity contribution in [3.05, 3.63) is 47.0 Å². The first-order valence-corrected chi connectivity index (χ1v) is 9.87. The van der Waals surface area contributed by atoms with Crippen LogP contribution < -0.4 is 5.56 Å². The van der Waals surface area contributed by atoms with Gasteiger partial charge in [0, 0.05) is 48.9 Å². The Labute approximate surface area is 159 Å². The van der Waals surface area contributed by atoms with Crippen molar-refractivity contribution in [2.45, 2.75) is 39.2 Å². The van der Waals surface area contributed by atoms with Gasteiger partial charge in [0.2, 0.25) is 5.91 Å². The van der Waals surface area contributed by atoms with E-state index in [1.807, 2.05) is 17.0 Å². The van der Waals surface area contributed by atoms with E-state index in [-0.39, 0.29) is 11.5 Å². The fourth-order valence-electron chi connectivity index (χ4n) is 4.13. The summed E-state index contributed by atoms with van der Waals surface area (Å²) in [7, 11) is 0. The SMILES string of the molecule is CC1CCC(C(=O)N2CC(Cn3nc(-c4ccncc4)ccc3=O)C2)CC1. The van der Waals surface area contributed by atoms with Crippen LogP contribution >= 0.6 is 0 Å². The molecule has 2 aliphatic rings. The first-order valence-electron chi connectivity index (χ1n) is 9.87. The Morgan fingerprint density at radius 3 is 2.48 bits per heavy atom. The molecule has 0 atom stereocenters. The van der Waals surface area contributed by atoms with E-state index >= 15 is 0 Å². The number of nitrogens with zero attached hydrogens (tertiary/aromatic N) is 4. The summed E-state index contributed by atoms with van der Waals surface area (Å²) in [4.78, 5) is 30.8. The molecule has 6 nitrogen and oxygen atoms in total. The van der Waals surface area contributed by atoms with Crippen molar-refractivity contribution >= 4 is 5.91 Å². The maximum absolute atomic E-state index is 12.6. The molecule has 1 saturated carbocycles. The standard InChI is InChI=1S/C21H26N4O2/c1-15-2-4-18(5-3-15)21(27)24-12-16(13-24)14-25-20(26)7-6-19(23-25)17-8-10-22-11-9-17/h6-11,15-16,18H,2-5,12-14H2,1H3. The number of hydrogen-bond donors (Lipinski definition) is 0. The molecule has 1 saturated heterocycles. The van der Waals surface area contributed by atoms with Gasteiger partial charge in [-0.2, -0.15) is 5.10 Å². The van der Waals surface area contributed by atoms with Gasteiger partial charge in [0.1, 0.15) is 0 Å². The third-order valence-electron chi connectivity index (χ3n) is 5.91. The number of likely N-dealkylation sites (tertiary alicyclic amines) is 1. The fourth-order valence-corrected chi connectivity index (χ4v) is 4.13. The van der Waals surface area contributed by atoms with E-state index in [4.69, 9.17) is 0 Å². The van der Waals surface area contributed by atoms with Crippen molar-refractivity contribution in [2.75, 3.05) is 13.1 Å². The van der Waals surface area contributed by atoms with Crippen LogP contribution in [0.3, 0.4) is 0 Å². The molecule has 3 heterocycles. The van der Waals surface area contributed by atoms with E-state index in [1.54, 1.807) is 24.5 Å². The molecule has 2 fully saturated rings. The number of rotatable bonds is 4. The van der Waals surface area contributed by atoms with Crippen molar-refractivity contribution in [1.29, 1.82) is 0 Å². The Hall–Kier alpha value is -2.50. The lowest BCUT2D eigenvalue weighted by Crippen LogP contribution is -2.54. The largest absolute Gasteiger partial charge is 0.342 e. The van der Waals surface area contributed by atoms with Crippen LogP contribution in [0.4, 0.5) is 0 Å². The van der Waals surface area contributed by atoms with Crippen LogP contribution in [0.1, 0.15) is 32.6 Å². The molecule has 0 unspecified atom stereocenters.